The van der Waals surface area contributed by atoms with Gasteiger partial charge in [-0.15, -0.1) is 11.8 Å². The molecule has 6 heteroatoms. The van der Waals surface area contributed by atoms with Gasteiger partial charge in [0.05, 0.1) is 39.9 Å². The molecule has 2 heterocycles. The van der Waals surface area contributed by atoms with Gasteiger partial charge in [-0.2, -0.15) is 0 Å². The van der Waals surface area contributed by atoms with Crippen molar-refractivity contribution in [2.24, 2.45) is 4.99 Å². The van der Waals surface area contributed by atoms with Crippen LogP contribution in [0.25, 0.3) is 0 Å². The molecule has 0 bridgehead atoms. The van der Waals surface area contributed by atoms with Crippen molar-refractivity contribution in [3.8, 4) is 0 Å². The topological polar surface area (TPSA) is 30.9 Å². The third-order valence-corrected chi connectivity index (χ3v) is 7.46. The van der Waals surface area contributed by atoms with E-state index in [1.807, 2.05) is 6.07 Å². The van der Waals surface area contributed by atoms with Crippen LogP contribution in [0.4, 0.5) is 22.7 Å². The van der Waals surface area contributed by atoms with E-state index in [1.165, 1.54) is 27.6 Å². The Balaban J connectivity index is 0.000000196. The minimum absolute atomic E-state index is 0.246. The lowest BCUT2D eigenvalue weighted by atomic mass is 10.1. The Labute approximate surface area is 221 Å². The smallest absolute Gasteiger partial charge is 0.102 e. The highest BCUT2D eigenvalue weighted by Gasteiger charge is 2.26. The predicted molar refractivity (Wildman–Crippen MR) is 162 cm³/mol. The third kappa shape index (κ3) is 6.77. The van der Waals surface area contributed by atoms with E-state index in [1.54, 1.807) is 11.8 Å². The Bertz CT molecular complexity index is 1130. The summed E-state index contributed by atoms with van der Waals surface area (Å²) < 4.78 is 0. The molecule has 2 aromatic rings. The highest BCUT2D eigenvalue weighted by molar-refractivity contribution is 8.13. The van der Waals surface area contributed by atoms with Crippen LogP contribution in [0.2, 0.25) is 0 Å². The summed E-state index contributed by atoms with van der Waals surface area (Å²) in [6.45, 7) is 14.7. The molecule has 0 aliphatic carbocycles. The number of allylic oxidation sites excluding steroid dienone is 2. The van der Waals surface area contributed by atoms with E-state index in [9.17, 15) is 0 Å². The van der Waals surface area contributed by atoms with Gasteiger partial charge in [0.15, 0.2) is 0 Å². The molecule has 0 aromatic heterocycles. The molecule has 186 valence electrons. The molecule has 0 saturated heterocycles. The number of aliphatic imine (C=N–C) groups is 1. The molecule has 2 aromatic carbocycles. The lowest BCUT2D eigenvalue weighted by molar-refractivity contribution is 0.810. The first kappa shape index (κ1) is 27.0. The van der Waals surface area contributed by atoms with Crippen LogP contribution >= 0.6 is 24.0 Å². The zero-order valence-electron chi connectivity index (χ0n) is 22.0. The molecule has 4 nitrogen and oxygen atoms in total. The summed E-state index contributed by atoms with van der Waals surface area (Å²) in [5.41, 5.74) is 7.35. The van der Waals surface area contributed by atoms with E-state index in [0.717, 1.165) is 29.5 Å². The monoisotopic (exact) mass is 506 g/mol. The molecule has 0 fully saturated rings. The Morgan fingerprint density at radius 2 is 1.43 bits per heavy atom. The summed E-state index contributed by atoms with van der Waals surface area (Å²) in [5, 5.41) is 4.49. The van der Waals surface area contributed by atoms with Gasteiger partial charge in [0.2, 0.25) is 0 Å². The minimum Gasteiger partial charge on any atom is -0.357 e. The van der Waals surface area contributed by atoms with Gasteiger partial charge in [-0.3, -0.25) is 0 Å². The first-order valence-corrected chi connectivity index (χ1v) is 13.8. The number of thiocarbonyl (C=S) groups is 1. The molecule has 35 heavy (non-hydrogen) atoms. The standard InChI is InChI=1S/C15H20N2S.C14H18N2S/c1-11(2)9-10-17-12(3)15(18-4)16-13-7-5-6-8-14(13)17;1-10(2)8-9-16-11(3)14(17)15-12-6-4-5-7-13(12)16/h5-9,12H,10H2,1-4H3;4-8,11H,9H2,1-3H3,(H,15,17). The number of rotatable bonds is 4. The van der Waals surface area contributed by atoms with Crippen LogP contribution in [0.5, 0.6) is 0 Å². The Kier molecular flexibility index (Phi) is 9.58. The van der Waals surface area contributed by atoms with Crippen LogP contribution in [0, 0.1) is 0 Å². The van der Waals surface area contributed by atoms with Gasteiger partial charge in [0, 0.05) is 13.1 Å². The van der Waals surface area contributed by atoms with Crippen LogP contribution < -0.4 is 15.1 Å². The van der Waals surface area contributed by atoms with Crippen molar-refractivity contribution < 1.29 is 0 Å². The zero-order valence-corrected chi connectivity index (χ0v) is 23.6. The number of hydrogen-bond acceptors (Lipinski definition) is 5. The third-order valence-electron chi connectivity index (χ3n) is 6.17. The summed E-state index contributed by atoms with van der Waals surface area (Å²) in [6, 6.07) is 17.3. The van der Waals surface area contributed by atoms with Crippen LogP contribution in [0.1, 0.15) is 41.5 Å². The predicted octanol–water partition coefficient (Wildman–Crippen LogP) is 7.85. The van der Waals surface area contributed by atoms with Gasteiger partial charge in [0.25, 0.3) is 0 Å². The molecule has 2 aliphatic heterocycles. The Morgan fingerprint density at radius 3 is 2.03 bits per heavy atom. The normalized spacial score (nSPS) is 18.3. The van der Waals surface area contributed by atoms with Crippen LogP contribution in [-0.4, -0.2) is 41.5 Å². The number of thioether (sulfide) groups is 1. The molecule has 0 amide bonds. The number of benzene rings is 2. The van der Waals surface area contributed by atoms with Crippen molar-refractivity contribution in [1.29, 1.82) is 0 Å². The van der Waals surface area contributed by atoms with Crippen molar-refractivity contribution in [2.75, 3.05) is 34.5 Å². The second kappa shape index (κ2) is 12.4. The van der Waals surface area contributed by atoms with Crippen molar-refractivity contribution in [3.05, 3.63) is 71.8 Å². The SMILES string of the molecule is CC(C)=CCN1c2ccccc2NC(=S)C1C.CSC1=Nc2ccccc2N(CC=C(C)C)C1C. The highest BCUT2D eigenvalue weighted by atomic mass is 32.2. The fourth-order valence-electron chi connectivity index (χ4n) is 4.06. The average molecular weight is 507 g/mol. The highest BCUT2D eigenvalue weighted by Crippen LogP contribution is 2.36. The number of nitrogens with one attached hydrogen (secondary N) is 1. The van der Waals surface area contributed by atoms with Gasteiger partial charge in [-0.25, -0.2) is 4.99 Å². The summed E-state index contributed by atoms with van der Waals surface area (Å²) >= 11 is 7.13. The second-order valence-corrected chi connectivity index (χ2v) is 10.6. The molecule has 2 aliphatic rings. The minimum atomic E-state index is 0.246. The lowest BCUT2D eigenvalue weighted by Crippen LogP contribution is -2.45. The molecule has 1 N–H and O–H groups in total. The van der Waals surface area contributed by atoms with Crippen LogP contribution in [-0.2, 0) is 0 Å². The molecular formula is C29H38N4S2. The van der Waals surface area contributed by atoms with Gasteiger partial charge in [0.1, 0.15) is 4.99 Å². The molecule has 0 saturated carbocycles. The quantitative estimate of drug-likeness (QED) is 0.337. The molecule has 0 spiro atoms. The fraction of sp³-hybridized carbons (Fsp3) is 0.379. The number of hydrogen-bond donors (Lipinski definition) is 1. The van der Waals surface area contributed by atoms with E-state index in [4.69, 9.17) is 17.2 Å². The van der Waals surface area contributed by atoms with Crippen molar-refractivity contribution >= 4 is 56.8 Å². The maximum Gasteiger partial charge on any atom is 0.102 e. The van der Waals surface area contributed by atoms with Crippen molar-refractivity contribution in [1.82, 2.24) is 0 Å². The van der Waals surface area contributed by atoms with E-state index in [0.29, 0.717) is 6.04 Å². The fourth-order valence-corrected chi connectivity index (χ4v) is 4.96. The van der Waals surface area contributed by atoms with Crippen molar-refractivity contribution in [3.63, 3.8) is 0 Å². The molecule has 0 radical (unpaired) electrons. The number of fused-ring (bicyclic) bond motifs is 2. The van der Waals surface area contributed by atoms with Crippen LogP contribution in [0.15, 0.2) is 76.8 Å². The van der Waals surface area contributed by atoms with Gasteiger partial charge >= 0.3 is 0 Å². The van der Waals surface area contributed by atoms with E-state index in [2.05, 4.69) is 118 Å². The Hall–Kier alpha value is -2.57. The lowest BCUT2D eigenvalue weighted by Gasteiger charge is -2.37. The van der Waals surface area contributed by atoms with Gasteiger partial charge in [-0.05, 0) is 72.1 Å². The molecular weight excluding hydrogens is 468 g/mol. The Morgan fingerprint density at radius 1 is 0.886 bits per heavy atom. The van der Waals surface area contributed by atoms with Gasteiger partial charge < -0.3 is 15.1 Å². The summed E-state index contributed by atoms with van der Waals surface area (Å²) in [7, 11) is 0. The largest absolute Gasteiger partial charge is 0.357 e. The maximum atomic E-state index is 5.39. The zero-order chi connectivity index (χ0) is 25.5. The first-order valence-electron chi connectivity index (χ1n) is 12.1. The summed E-state index contributed by atoms with van der Waals surface area (Å²) in [6.07, 6.45) is 6.61. The number of nitrogens with zero attached hydrogens (tertiary/aromatic N) is 3. The van der Waals surface area contributed by atoms with Crippen LogP contribution in [0.3, 0.4) is 0 Å². The summed E-state index contributed by atoms with van der Waals surface area (Å²) in [5.74, 6) is 0. The molecule has 2 atom stereocenters. The number of para-hydroxylation sites is 4. The van der Waals surface area contributed by atoms with E-state index in [-0.39, 0.29) is 6.04 Å². The summed E-state index contributed by atoms with van der Waals surface area (Å²) in [4.78, 5) is 10.4. The maximum absolute atomic E-state index is 5.39. The van der Waals surface area contributed by atoms with E-state index >= 15 is 0 Å². The van der Waals surface area contributed by atoms with Gasteiger partial charge in [-0.1, -0.05) is 59.8 Å². The average Bonchev–Trinajstić information content (AvgIpc) is 2.83. The first-order chi connectivity index (χ1) is 16.7. The second-order valence-electron chi connectivity index (χ2n) is 9.37. The number of anilines is 3. The van der Waals surface area contributed by atoms with Crippen molar-refractivity contribution in [2.45, 2.75) is 53.6 Å². The molecule has 4 rings (SSSR count). The molecule has 2 unspecified atom stereocenters. The van der Waals surface area contributed by atoms with E-state index < -0.39 is 0 Å².